The van der Waals surface area contributed by atoms with Gasteiger partial charge >= 0.3 is 0 Å². The Kier molecular flexibility index (Phi) is 9.88. The Hall–Kier alpha value is -5.35. The van der Waals surface area contributed by atoms with Crippen LogP contribution in [0.5, 0.6) is 17.2 Å². The van der Waals surface area contributed by atoms with Crippen LogP contribution in [0.15, 0.2) is 84.9 Å². The highest BCUT2D eigenvalue weighted by Crippen LogP contribution is 2.29. The second kappa shape index (κ2) is 14.2. The molecule has 10 nitrogen and oxygen atoms in total. The highest BCUT2D eigenvalue weighted by molar-refractivity contribution is 6.09. The Morgan fingerprint density at radius 2 is 1.61 bits per heavy atom. The Balaban J connectivity index is 1.23. The number of phenols is 1. The van der Waals surface area contributed by atoms with Crippen molar-refractivity contribution in [2.24, 2.45) is 0 Å². The minimum Gasteiger partial charge on any atom is -0.507 e. The summed E-state index contributed by atoms with van der Waals surface area (Å²) < 4.78 is 11.5. The molecule has 4 aromatic carbocycles. The van der Waals surface area contributed by atoms with Crippen molar-refractivity contribution in [3.8, 4) is 17.2 Å². The Morgan fingerprint density at radius 3 is 2.30 bits per heavy atom. The molecule has 0 saturated carbocycles. The minimum atomic E-state index is -0.505. The molecule has 1 aliphatic heterocycles. The number of likely N-dealkylation sites (N-methyl/N-ethyl adjacent to an activating group) is 1. The van der Waals surface area contributed by atoms with Crippen LogP contribution in [0.1, 0.15) is 42.2 Å². The number of para-hydroxylation sites is 1. The zero-order chi connectivity index (χ0) is 32.8. The number of hydrogen-bond donors (Lipinski definition) is 2. The first kappa shape index (κ1) is 32.1. The van der Waals surface area contributed by atoms with E-state index in [9.17, 15) is 19.5 Å². The molecule has 10 heteroatoms. The SMILES string of the molecule is COc1cc(C(=O)N(C)c2ccc(OCc3ccc(C)cc3C(=O)N3CCN(C)CC3)cc2)ccc1NC(=O)c1ccccc1O. The van der Waals surface area contributed by atoms with Crippen molar-refractivity contribution in [3.63, 3.8) is 0 Å². The fourth-order valence-corrected chi connectivity index (χ4v) is 5.22. The lowest BCUT2D eigenvalue weighted by Crippen LogP contribution is -2.47. The summed E-state index contributed by atoms with van der Waals surface area (Å²) in [4.78, 5) is 45.0. The lowest BCUT2D eigenvalue weighted by Gasteiger charge is -2.33. The van der Waals surface area contributed by atoms with Gasteiger partial charge in [-0.2, -0.15) is 0 Å². The van der Waals surface area contributed by atoms with Crippen molar-refractivity contribution in [2.45, 2.75) is 13.5 Å². The lowest BCUT2D eigenvalue weighted by molar-refractivity contribution is 0.0661. The zero-order valence-corrected chi connectivity index (χ0v) is 26.4. The van der Waals surface area contributed by atoms with Crippen molar-refractivity contribution >= 4 is 29.1 Å². The standard InChI is InChI=1S/C36H38N4O6/c1-24-9-10-26(30(21-24)36(44)40-19-17-38(2)18-20-40)23-46-28-14-12-27(13-15-28)39(3)35(43)25-11-16-31(33(22-25)45-4)37-34(42)29-7-5-6-8-32(29)41/h5-16,21-22,41H,17-20,23H2,1-4H3,(H,37,42). The van der Waals surface area contributed by atoms with Crippen molar-refractivity contribution in [1.29, 1.82) is 0 Å². The van der Waals surface area contributed by atoms with Gasteiger partial charge in [-0.15, -0.1) is 0 Å². The average molecular weight is 623 g/mol. The first-order valence-corrected chi connectivity index (χ1v) is 15.0. The summed E-state index contributed by atoms with van der Waals surface area (Å²) in [6.45, 7) is 5.31. The topological polar surface area (TPSA) is 112 Å². The predicted molar refractivity (Wildman–Crippen MR) is 177 cm³/mol. The monoisotopic (exact) mass is 622 g/mol. The van der Waals surface area contributed by atoms with Gasteiger partial charge in [0.25, 0.3) is 17.7 Å². The summed E-state index contributed by atoms with van der Waals surface area (Å²) in [7, 11) is 5.18. The summed E-state index contributed by atoms with van der Waals surface area (Å²) in [6.07, 6.45) is 0. The van der Waals surface area contributed by atoms with Crippen molar-refractivity contribution < 1.29 is 29.0 Å². The molecule has 3 amide bonds. The normalized spacial score (nSPS) is 13.2. The van der Waals surface area contributed by atoms with Crippen molar-refractivity contribution in [2.75, 3.05) is 57.6 Å². The molecule has 0 unspecified atom stereocenters. The molecule has 238 valence electrons. The van der Waals surface area contributed by atoms with Crippen molar-refractivity contribution in [1.82, 2.24) is 9.80 Å². The number of benzene rings is 4. The largest absolute Gasteiger partial charge is 0.507 e. The van der Waals surface area contributed by atoms with Crippen LogP contribution in [-0.2, 0) is 6.61 Å². The van der Waals surface area contributed by atoms with Gasteiger partial charge < -0.3 is 34.6 Å². The molecule has 0 radical (unpaired) electrons. The Labute approximate surface area is 268 Å². The number of carbonyl (C=O) groups excluding carboxylic acids is 3. The van der Waals surface area contributed by atoms with Gasteiger partial charge in [0.2, 0.25) is 0 Å². The summed E-state index contributed by atoms with van der Waals surface area (Å²) in [5.41, 5.74) is 3.98. The number of ether oxygens (including phenoxy) is 2. The molecule has 1 fully saturated rings. The maximum absolute atomic E-state index is 13.4. The number of nitrogens with zero attached hydrogens (tertiary/aromatic N) is 3. The lowest BCUT2D eigenvalue weighted by atomic mass is 10.0. The minimum absolute atomic E-state index is 0.0217. The molecule has 0 bridgehead atoms. The number of aryl methyl sites for hydroxylation is 1. The fraction of sp³-hybridized carbons (Fsp3) is 0.250. The van der Waals surface area contributed by atoms with E-state index in [2.05, 4.69) is 17.3 Å². The predicted octanol–water partition coefficient (Wildman–Crippen LogP) is 5.20. The first-order chi connectivity index (χ1) is 22.1. The van der Waals surface area contributed by atoms with E-state index < -0.39 is 5.91 Å². The molecule has 5 rings (SSSR count). The van der Waals surface area contributed by atoms with E-state index in [1.54, 1.807) is 61.6 Å². The summed E-state index contributed by atoms with van der Waals surface area (Å²) in [6, 6.07) is 24.0. The van der Waals surface area contributed by atoms with E-state index in [0.29, 0.717) is 47.1 Å². The van der Waals surface area contributed by atoms with Gasteiger partial charge in [-0.05, 0) is 74.6 Å². The van der Waals surface area contributed by atoms with E-state index in [1.807, 2.05) is 30.0 Å². The average Bonchev–Trinajstić information content (AvgIpc) is 3.07. The maximum Gasteiger partial charge on any atom is 0.259 e. The van der Waals surface area contributed by atoms with E-state index in [-0.39, 0.29) is 29.7 Å². The second-order valence-electron chi connectivity index (χ2n) is 11.3. The first-order valence-electron chi connectivity index (χ1n) is 15.0. The second-order valence-corrected chi connectivity index (χ2v) is 11.3. The number of amides is 3. The number of hydrogen-bond acceptors (Lipinski definition) is 7. The molecule has 0 aromatic heterocycles. The highest BCUT2D eigenvalue weighted by Gasteiger charge is 2.23. The quantitative estimate of drug-likeness (QED) is 0.264. The van der Waals surface area contributed by atoms with E-state index >= 15 is 0 Å². The molecular formula is C36H38N4O6. The molecule has 2 N–H and O–H groups in total. The Morgan fingerprint density at radius 1 is 0.891 bits per heavy atom. The van der Waals surface area contributed by atoms with Gasteiger partial charge in [-0.1, -0.05) is 29.8 Å². The number of methoxy groups -OCH3 is 1. The van der Waals surface area contributed by atoms with Crippen LogP contribution in [0.25, 0.3) is 0 Å². The molecular weight excluding hydrogens is 584 g/mol. The van der Waals surface area contributed by atoms with Gasteiger partial charge in [0, 0.05) is 55.6 Å². The molecule has 0 aliphatic carbocycles. The van der Waals surface area contributed by atoms with E-state index in [1.165, 1.54) is 24.1 Å². The van der Waals surface area contributed by atoms with E-state index in [4.69, 9.17) is 9.47 Å². The number of carbonyl (C=O) groups is 3. The van der Waals surface area contributed by atoms with Crippen LogP contribution in [0.3, 0.4) is 0 Å². The van der Waals surface area contributed by atoms with Gasteiger partial charge in [0.15, 0.2) is 0 Å². The third-order valence-corrected chi connectivity index (χ3v) is 8.05. The van der Waals surface area contributed by atoms with Crippen LogP contribution >= 0.6 is 0 Å². The van der Waals surface area contributed by atoms with Gasteiger partial charge in [-0.3, -0.25) is 14.4 Å². The van der Waals surface area contributed by atoms with E-state index in [0.717, 1.165) is 24.2 Å². The number of phenolic OH excluding ortho intramolecular Hbond substituents is 1. The number of nitrogens with one attached hydrogen (secondary N) is 1. The van der Waals surface area contributed by atoms with Crippen molar-refractivity contribution in [3.05, 3.63) is 113 Å². The molecule has 46 heavy (non-hydrogen) atoms. The van der Waals surface area contributed by atoms with Crippen LogP contribution < -0.4 is 19.7 Å². The smallest absolute Gasteiger partial charge is 0.259 e. The molecule has 1 heterocycles. The highest BCUT2D eigenvalue weighted by atomic mass is 16.5. The van der Waals surface area contributed by atoms with Crippen LogP contribution in [0, 0.1) is 6.92 Å². The number of piperazine rings is 1. The van der Waals surface area contributed by atoms with Crippen LogP contribution in [0.4, 0.5) is 11.4 Å². The third kappa shape index (κ3) is 7.30. The molecule has 1 saturated heterocycles. The number of aromatic hydroxyl groups is 1. The molecule has 0 spiro atoms. The molecule has 4 aromatic rings. The summed E-state index contributed by atoms with van der Waals surface area (Å²) in [5, 5.41) is 12.7. The maximum atomic E-state index is 13.4. The van der Waals surface area contributed by atoms with Gasteiger partial charge in [0.1, 0.15) is 23.9 Å². The van der Waals surface area contributed by atoms with Gasteiger partial charge in [-0.25, -0.2) is 0 Å². The van der Waals surface area contributed by atoms with Crippen LogP contribution in [-0.4, -0.2) is 80.0 Å². The Bertz CT molecular complexity index is 1730. The summed E-state index contributed by atoms with van der Waals surface area (Å²) in [5.74, 6) is 0.00331. The molecule has 1 aliphatic rings. The summed E-state index contributed by atoms with van der Waals surface area (Å²) >= 11 is 0. The molecule has 0 atom stereocenters. The van der Waals surface area contributed by atoms with Crippen LogP contribution in [0.2, 0.25) is 0 Å². The van der Waals surface area contributed by atoms with Gasteiger partial charge in [0.05, 0.1) is 18.4 Å². The zero-order valence-electron chi connectivity index (χ0n) is 26.4. The number of rotatable bonds is 9. The fourth-order valence-electron chi connectivity index (χ4n) is 5.22. The third-order valence-electron chi connectivity index (χ3n) is 8.05. The number of anilines is 2.